The molecule has 17 heavy (non-hydrogen) atoms. The second kappa shape index (κ2) is 5.41. The normalized spacial score (nSPS) is 20.2. The molecule has 3 heteroatoms. The van der Waals surface area contributed by atoms with Gasteiger partial charge < -0.3 is 15.4 Å². The Morgan fingerprint density at radius 3 is 3.00 bits per heavy atom. The fourth-order valence-electron chi connectivity index (χ4n) is 2.49. The van der Waals surface area contributed by atoms with Crippen LogP contribution < -0.4 is 10.6 Å². The highest BCUT2D eigenvalue weighted by Crippen LogP contribution is 2.25. The lowest BCUT2D eigenvalue weighted by molar-refractivity contribution is 0.0576. The number of nitrogen functional groups attached to an aromatic ring is 1. The van der Waals surface area contributed by atoms with E-state index in [-0.39, 0.29) is 0 Å². The van der Waals surface area contributed by atoms with Crippen LogP contribution in [-0.2, 0) is 4.74 Å². The molecular formula is C14H22N2O. The second-order valence-corrected chi connectivity index (χ2v) is 4.96. The molecule has 0 bridgehead atoms. The van der Waals surface area contributed by atoms with E-state index < -0.39 is 0 Å². The predicted octanol–water partition coefficient (Wildman–Crippen LogP) is 2.44. The third-order valence-electron chi connectivity index (χ3n) is 3.55. The van der Waals surface area contributed by atoms with Crippen LogP contribution in [-0.4, -0.2) is 26.8 Å². The van der Waals surface area contributed by atoms with E-state index in [1.54, 1.807) is 0 Å². The summed E-state index contributed by atoms with van der Waals surface area (Å²) in [5.41, 5.74) is 9.21. The third kappa shape index (κ3) is 2.91. The van der Waals surface area contributed by atoms with Crippen LogP contribution in [0.15, 0.2) is 18.2 Å². The van der Waals surface area contributed by atoms with E-state index in [1.165, 1.54) is 24.1 Å². The fourth-order valence-corrected chi connectivity index (χ4v) is 2.49. The Balaban J connectivity index is 2.03. The fraction of sp³-hybridized carbons (Fsp3) is 0.571. The SMILES string of the molecule is Cc1c(N)cccc1N(C)CC1CCCOC1. The average molecular weight is 234 g/mol. The number of nitrogens with zero attached hydrogens (tertiary/aromatic N) is 1. The molecule has 0 amide bonds. The smallest absolute Gasteiger partial charge is 0.0511 e. The monoisotopic (exact) mass is 234 g/mol. The number of rotatable bonds is 3. The Hall–Kier alpha value is -1.22. The summed E-state index contributed by atoms with van der Waals surface area (Å²) in [5, 5.41) is 0. The van der Waals surface area contributed by atoms with Gasteiger partial charge in [-0.3, -0.25) is 0 Å². The molecule has 94 valence electrons. The first kappa shape index (κ1) is 12.2. The van der Waals surface area contributed by atoms with E-state index in [1.807, 2.05) is 12.1 Å². The zero-order valence-electron chi connectivity index (χ0n) is 10.8. The topological polar surface area (TPSA) is 38.5 Å². The minimum absolute atomic E-state index is 0.648. The lowest BCUT2D eigenvalue weighted by atomic mass is 10.0. The summed E-state index contributed by atoms with van der Waals surface area (Å²) in [4.78, 5) is 2.30. The van der Waals surface area contributed by atoms with Crippen molar-refractivity contribution < 1.29 is 4.74 Å². The van der Waals surface area contributed by atoms with E-state index in [4.69, 9.17) is 10.5 Å². The Morgan fingerprint density at radius 2 is 2.29 bits per heavy atom. The van der Waals surface area contributed by atoms with Crippen LogP contribution in [0.2, 0.25) is 0 Å². The molecule has 1 aliphatic rings. The lowest BCUT2D eigenvalue weighted by Crippen LogP contribution is -2.31. The van der Waals surface area contributed by atoms with Crippen LogP contribution in [0.4, 0.5) is 11.4 Å². The lowest BCUT2D eigenvalue weighted by Gasteiger charge is -2.29. The second-order valence-electron chi connectivity index (χ2n) is 4.96. The molecule has 1 aromatic carbocycles. The number of benzene rings is 1. The van der Waals surface area contributed by atoms with E-state index in [9.17, 15) is 0 Å². The molecule has 1 aromatic rings. The number of anilines is 2. The van der Waals surface area contributed by atoms with Crippen molar-refractivity contribution in [2.75, 3.05) is 37.4 Å². The van der Waals surface area contributed by atoms with E-state index >= 15 is 0 Å². The molecular weight excluding hydrogens is 212 g/mol. The van der Waals surface area contributed by atoms with Crippen molar-refractivity contribution in [3.05, 3.63) is 23.8 Å². The highest BCUT2D eigenvalue weighted by molar-refractivity contribution is 5.63. The van der Waals surface area contributed by atoms with E-state index in [0.717, 1.165) is 25.4 Å². The van der Waals surface area contributed by atoms with Crippen LogP contribution in [0.5, 0.6) is 0 Å². The maximum atomic E-state index is 5.94. The molecule has 1 atom stereocenters. The molecule has 0 saturated carbocycles. The Bertz CT molecular complexity index is 372. The highest BCUT2D eigenvalue weighted by atomic mass is 16.5. The summed E-state index contributed by atoms with van der Waals surface area (Å²) >= 11 is 0. The molecule has 0 aliphatic carbocycles. The van der Waals surface area contributed by atoms with Gasteiger partial charge in [-0.2, -0.15) is 0 Å². The maximum absolute atomic E-state index is 5.94. The minimum atomic E-state index is 0.648. The van der Waals surface area contributed by atoms with Crippen molar-refractivity contribution in [1.29, 1.82) is 0 Å². The largest absolute Gasteiger partial charge is 0.398 e. The quantitative estimate of drug-likeness (QED) is 0.816. The van der Waals surface area contributed by atoms with Gasteiger partial charge in [0, 0.05) is 31.6 Å². The molecule has 1 aliphatic heterocycles. The van der Waals surface area contributed by atoms with Crippen LogP contribution in [0.25, 0.3) is 0 Å². The van der Waals surface area contributed by atoms with Crippen LogP contribution >= 0.6 is 0 Å². The molecule has 1 saturated heterocycles. The molecule has 2 N–H and O–H groups in total. The van der Waals surface area contributed by atoms with Crippen molar-refractivity contribution >= 4 is 11.4 Å². The Labute approximate surface area is 104 Å². The van der Waals surface area contributed by atoms with Crippen LogP contribution in [0.3, 0.4) is 0 Å². The molecule has 1 unspecified atom stereocenters. The molecule has 0 radical (unpaired) electrons. The van der Waals surface area contributed by atoms with Crippen molar-refractivity contribution in [2.24, 2.45) is 5.92 Å². The average Bonchev–Trinajstić information content (AvgIpc) is 2.34. The number of nitrogens with two attached hydrogens (primary N) is 1. The summed E-state index contributed by atoms with van der Waals surface area (Å²) in [6, 6.07) is 6.11. The zero-order chi connectivity index (χ0) is 12.3. The first-order valence-corrected chi connectivity index (χ1v) is 6.32. The van der Waals surface area contributed by atoms with Gasteiger partial charge in [0.25, 0.3) is 0 Å². The number of ether oxygens (including phenoxy) is 1. The summed E-state index contributed by atoms with van der Waals surface area (Å²) in [6.07, 6.45) is 2.46. The van der Waals surface area contributed by atoms with Gasteiger partial charge in [-0.05, 0) is 43.4 Å². The van der Waals surface area contributed by atoms with Gasteiger partial charge in [0.1, 0.15) is 0 Å². The summed E-state index contributed by atoms with van der Waals surface area (Å²) in [7, 11) is 2.14. The molecule has 2 rings (SSSR count). The number of hydrogen-bond donors (Lipinski definition) is 1. The summed E-state index contributed by atoms with van der Waals surface area (Å²) in [5.74, 6) is 0.648. The number of hydrogen-bond acceptors (Lipinski definition) is 3. The standard InChI is InChI=1S/C14H22N2O/c1-11-13(15)6-3-7-14(11)16(2)9-12-5-4-8-17-10-12/h3,6-7,12H,4-5,8-10,15H2,1-2H3. The van der Waals surface area contributed by atoms with Crippen molar-refractivity contribution in [2.45, 2.75) is 19.8 Å². The Morgan fingerprint density at radius 1 is 1.47 bits per heavy atom. The maximum Gasteiger partial charge on any atom is 0.0511 e. The summed E-state index contributed by atoms with van der Waals surface area (Å²) < 4.78 is 5.52. The van der Waals surface area contributed by atoms with Crippen molar-refractivity contribution in [1.82, 2.24) is 0 Å². The van der Waals surface area contributed by atoms with E-state index in [0.29, 0.717) is 5.92 Å². The van der Waals surface area contributed by atoms with Gasteiger partial charge in [0.05, 0.1) is 6.61 Å². The highest BCUT2D eigenvalue weighted by Gasteiger charge is 2.17. The third-order valence-corrected chi connectivity index (χ3v) is 3.55. The van der Waals surface area contributed by atoms with Crippen LogP contribution in [0, 0.1) is 12.8 Å². The van der Waals surface area contributed by atoms with Gasteiger partial charge in [-0.1, -0.05) is 6.07 Å². The van der Waals surface area contributed by atoms with Gasteiger partial charge in [0.15, 0.2) is 0 Å². The van der Waals surface area contributed by atoms with Gasteiger partial charge in [0.2, 0.25) is 0 Å². The van der Waals surface area contributed by atoms with E-state index in [2.05, 4.69) is 24.9 Å². The molecule has 0 aromatic heterocycles. The first-order valence-electron chi connectivity index (χ1n) is 6.32. The molecule has 1 heterocycles. The Kier molecular flexibility index (Phi) is 3.89. The predicted molar refractivity (Wildman–Crippen MR) is 72.4 cm³/mol. The van der Waals surface area contributed by atoms with Gasteiger partial charge in [-0.25, -0.2) is 0 Å². The van der Waals surface area contributed by atoms with Gasteiger partial charge >= 0.3 is 0 Å². The van der Waals surface area contributed by atoms with Crippen molar-refractivity contribution in [3.63, 3.8) is 0 Å². The molecule has 1 fully saturated rings. The zero-order valence-corrected chi connectivity index (χ0v) is 10.8. The first-order chi connectivity index (χ1) is 8.18. The summed E-state index contributed by atoms with van der Waals surface area (Å²) in [6.45, 7) is 4.95. The van der Waals surface area contributed by atoms with Crippen molar-refractivity contribution in [3.8, 4) is 0 Å². The van der Waals surface area contributed by atoms with Crippen LogP contribution in [0.1, 0.15) is 18.4 Å². The molecule has 3 nitrogen and oxygen atoms in total. The minimum Gasteiger partial charge on any atom is -0.398 e. The molecule has 0 spiro atoms. The van der Waals surface area contributed by atoms with Gasteiger partial charge in [-0.15, -0.1) is 0 Å².